The molecule has 0 saturated heterocycles. The molecule has 240 valence electrons. The first-order valence-electron chi connectivity index (χ1n) is 15.7. The first-order chi connectivity index (χ1) is 20.6. The summed E-state index contributed by atoms with van der Waals surface area (Å²) < 4.78 is 13.7. The van der Waals surface area contributed by atoms with Gasteiger partial charge in [-0.05, 0) is 92.5 Å². The molecule has 2 radical (unpaired) electrons. The van der Waals surface area contributed by atoms with Gasteiger partial charge < -0.3 is 19.9 Å². The fourth-order valence-corrected chi connectivity index (χ4v) is 5.49. The Morgan fingerprint density at radius 2 is 0.886 bits per heavy atom. The molecule has 44 heavy (non-hydrogen) atoms. The second-order valence-corrected chi connectivity index (χ2v) is 13.9. The van der Waals surface area contributed by atoms with Crippen molar-refractivity contribution in [3.8, 4) is 11.5 Å². The maximum Gasteiger partial charge on any atom is 0.320 e. The molecular weight excluding hydrogens is 560 g/mol. The van der Waals surface area contributed by atoms with E-state index in [1.54, 1.807) is 79.7 Å². The highest BCUT2D eigenvalue weighted by Crippen LogP contribution is 2.40. The standard InChI is InChI=1S/C34H48N4O6/c1-31(2)32(3,4)36(40)29(35(31)39)25-19-13-15-21-27(25)43-23-17-11-9-10-12-18-24-44-28-22-16-14-20-26(28)30-37(41)33(5,6)34(7,8)38(30)42/h13-16,19-22H,9-12,17-18,23-24H2,1-8H3. The minimum absolute atomic E-state index is 0.0886. The average Bonchev–Trinajstić information content (AvgIpc) is 3.17. The molecule has 2 heterocycles. The van der Waals surface area contributed by atoms with Crippen LogP contribution in [-0.2, 0) is 10.4 Å². The molecule has 0 bridgehead atoms. The molecule has 2 aliphatic rings. The number of nitrogens with zero attached hydrogens (tertiary/aromatic N) is 4. The Labute approximate surface area is 261 Å². The summed E-state index contributed by atoms with van der Waals surface area (Å²) in [5.41, 5.74) is -2.50. The van der Waals surface area contributed by atoms with Gasteiger partial charge in [-0.15, -0.1) is 0 Å². The van der Waals surface area contributed by atoms with Gasteiger partial charge in [0.15, 0.2) is 11.1 Å². The number of hydrogen-bond donors (Lipinski definition) is 0. The van der Waals surface area contributed by atoms with Gasteiger partial charge in [-0.1, -0.05) is 60.1 Å². The molecule has 2 aliphatic heterocycles. The molecule has 4 rings (SSSR count). The molecule has 0 fully saturated rings. The van der Waals surface area contributed by atoms with Crippen molar-refractivity contribution in [1.29, 1.82) is 0 Å². The first-order valence-corrected chi connectivity index (χ1v) is 15.7. The summed E-state index contributed by atoms with van der Waals surface area (Å²) in [6.45, 7) is 15.3. The molecule has 0 aliphatic carbocycles. The number of para-hydroxylation sites is 2. The zero-order valence-electron chi connectivity index (χ0n) is 27.5. The summed E-state index contributed by atoms with van der Waals surface area (Å²) in [4.78, 5) is 0. The second-order valence-electron chi connectivity index (χ2n) is 13.9. The lowest BCUT2D eigenvalue weighted by molar-refractivity contribution is -0.539. The van der Waals surface area contributed by atoms with Gasteiger partial charge in [-0.3, -0.25) is 9.48 Å². The van der Waals surface area contributed by atoms with E-state index < -0.39 is 22.2 Å². The number of hydrogen-bond acceptors (Lipinski definition) is 6. The van der Waals surface area contributed by atoms with Crippen LogP contribution >= 0.6 is 0 Å². The lowest BCUT2D eigenvalue weighted by atomic mass is 9.84. The van der Waals surface area contributed by atoms with E-state index in [2.05, 4.69) is 0 Å². The van der Waals surface area contributed by atoms with Crippen molar-refractivity contribution in [2.24, 2.45) is 0 Å². The Balaban J connectivity index is 1.21. The van der Waals surface area contributed by atoms with Crippen LogP contribution in [0.3, 0.4) is 0 Å². The van der Waals surface area contributed by atoms with E-state index in [4.69, 9.17) is 9.47 Å². The van der Waals surface area contributed by atoms with Crippen molar-refractivity contribution in [2.45, 2.75) is 116 Å². The Hall–Kier alpha value is -3.50. The maximum absolute atomic E-state index is 13.1. The summed E-state index contributed by atoms with van der Waals surface area (Å²) in [6.07, 6.45) is 5.79. The van der Waals surface area contributed by atoms with Crippen LogP contribution in [0.15, 0.2) is 48.5 Å². The smallest absolute Gasteiger partial charge is 0.320 e. The summed E-state index contributed by atoms with van der Waals surface area (Å²) in [5.74, 6) is 1.26. The van der Waals surface area contributed by atoms with E-state index in [9.17, 15) is 20.8 Å². The number of benzene rings is 2. The van der Waals surface area contributed by atoms with Gasteiger partial charge in [-0.2, -0.15) is 0 Å². The van der Waals surface area contributed by atoms with Gasteiger partial charge in [0, 0.05) is 10.4 Å². The molecule has 0 N–H and O–H groups in total. The SMILES string of the molecule is CC1(C)N([O])C(c2ccccc2OCCCCCCCCOc2ccccc2C2=[N+]([O-])C(C)(C)C(C)(C)N2[O])=[N+]([O-])C1(C)C. The van der Waals surface area contributed by atoms with Gasteiger partial charge in [0.25, 0.3) is 0 Å². The van der Waals surface area contributed by atoms with Crippen LogP contribution < -0.4 is 9.47 Å². The first kappa shape index (κ1) is 33.4. The quantitative estimate of drug-likeness (QED) is 0.147. The number of unbranched alkanes of at least 4 members (excludes halogenated alkanes) is 5. The van der Waals surface area contributed by atoms with Crippen LogP contribution in [0.2, 0.25) is 0 Å². The topological polar surface area (TPSA) is 117 Å². The zero-order chi connectivity index (χ0) is 32.5. The fourth-order valence-electron chi connectivity index (χ4n) is 5.49. The van der Waals surface area contributed by atoms with Gasteiger partial charge in [0.1, 0.15) is 33.7 Å². The third-order valence-corrected chi connectivity index (χ3v) is 10.1. The van der Waals surface area contributed by atoms with Crippen LogP contribution in [0, 0.1) is 10.4 Å². The molecule has 10 nitrogen and oxygen atoms in total. The van der Waals surface area contributed by atoms with E-state index in [0.29, 0.717) is 35.8 Å². The molecule has 0 spiro atoms. The number of rotatable bonds is 13. The monoisotopic (exact) mass is 608 g/mol. The van der Waals surface area contributed by atoms with Gasteiger partial charge in [-0.25, -0.2) is 0 Å². The lowest BCUT2D eigenvalue weighted by Gasteiger charge is -2.32. The summed E-state index contributed by atoms with van der Waals surface area (Å²) >= 11 is 0. The Bertz CT molecular complexity index is 1290. The van der Waals surface area contributed by atoms with Gasteiger partial charge >= 0.3 is 11.7 Å². The lowest BCUT2D eigenvalue weighted by Crippen LogP contribution is -2.53. The summed E-state index contributed by atoms with van der Waals surface area (Å²) in [6, 6.07) is 14.4. The predicted octanol–water partition coefficient (Wildman–Crippen LogP) is 6.44. The van der Waals surface area contributed by atoms with Gasteiger partial charge in [0.2, 0.25) is 0 Å². The molecule has 2 aromatic carbocycles. The number of amidine groups is 2. The zero-order valence-corrected chi connectivity index (χ0v) is 27.5. The summed E-state index contributed by atoms with van der Waals surface area (Å²) in [7, 11) is 0. The van der Waals surface area contributed by atoms with E-state index in [1.807, 2.05) is 24.3 Å². The van der Waals surface area contributed by atoms with E-state index >= 15 is 0 Å². The minimum atomic E-state index is -0.884. The van der Waals surface area contributed by atoms with E-state index in [-0.39, 0.29) is 11.7 Å². The summed E-state index contributed by atoms with van der Waals surface area (Å²) in [5, 5.41) is 54.0. The average molecular weight is 609 g/mol. The molecule has 0 saturated carbocycles. The molecule has 0 atom stereocenters. The largest absolute Gasteiger partial charge is 0.714 e. The molecule has 0 aromatic heterocycles. The predicted molar refractivity (Wildman–Crippen MR) is 168 cm³/mol. The van der Waals surface area contributed by atoms with Gasteiger partial charge in [0.05, 0.1) is 13.2 Å². The molecule has 2 aromatic rings. The van der Waals surface area contributed by atoms with E-state index in [1.165, 1.54) is 0 Å². The molecular formula is C34H48N4O6. The van der Waals surface area contributed by atoms with Crippen LogP contribution in [-0.4, -0.2) is 66.6 Å². The Kier molecular flexibility index (Phi) is 9.47. The van der Waals surface area contributed by atoms with Crippen LogP contribution in [0.1, 0.15) is 105 Å². The second kappa shape index (κ2) is 12.5. The molecule has 0 amide bonds. The van der Waals surface area contributed by atoms with Crippen molar-refractivity contribution in [1.82, 2.24) is 10.1 Å². The highest BCUT2D eigenvalue weighted by Gasteiger charge is 2.61. The Morgan fingerprint density at radius 1 is 0.568 bits per heavy atom. The number of hydroxylamine groups is 6. The third-order valence-electron chi connectivity index (χ3n) is 10.1. The van der Waals surface area contributed by atoms with Crippen LogP contribution in [0.25, 0.3) is 0 Å². The third kappa shape index (κ3) is 5.70. The van der Waals surface area contributed by atoms with Crippen molar-refractivity contribution in [3.63, 3.8) is 0 Å². The normalized spacial score (nSPS) is 20.0. The van der Waals surface area contributed by atoms with Crippen LogP contribution in [0.4, 0.5) is 0 Å². The van der Waals surface area contributed by atoms with Crippen molar-refractivity contribution >= 4 is 11.7 Å². The fraction of sp³-hybridized carbons (Fsp3) is 0.588. The minimum Gasteiger partial charge on any atom is -0.714 e. The highest BCUT2D eigenvalue weighted by molar-refractivity contribution is 5.99. The van der Waals surface area contributed by atoms with Crippen molar-refractivity contribution in [2.75, 3.05) is 13.2 Å². The Morgan fingerprint density at radius 3 is 1.20 bits per heavy atom. The van der Waals surface area contributed by atoms with E-state index in [0.717, 1.165) is 58.1 Å². The molecule has 0 unspecified atom stereocenters. The highest BCUT2D eigenvalue weighted by atomic mass is 16.5. The van der Waals surface area contributed by atoms with Crippen molar-refractivity contribution in [3.05, 3.63) is 70.1 Å². The van der Waals surface area contributed by atoms with Crippen LogP contribution in [0.5, 0.6) is 11.5 Å². The maximum atomic E-state index is 13.1. The van der Waals surface area contributed by atoms with Crippen molar-refractivity contribution < 1.29 is 29.4 Å². The number of ether oxygens (including phenoxy) is 2. The molecule has 10 heteroatoms.